The number of aliphatic carboxylic acids is 1. The molecule has 0 saturated carbocycles. The van der Waals surface area contributed by atoms with E-state index in [2.05, 4.69) is 6.58 Å². The highest BCUT2D eigenvalue weighted by Gasteiger charge is 2.15. The zero-order chi connectivity index (χ0) is 7.44. The van der Waals surface area contributed by atoms with Crippen molar-refractivity contribution in [2.24, 2.45) is 11.7 Å². The van der Waals surface area contributed by atoms with Crippen molar-refractivity contribution in [2.45, 2.75) is 13.0 Å². The molecular formula is C6H11NO2. The average Bonchev–Trinajstić information content (AvgIpc) is 1.84. The second-order valence-corrected chi connectivity index (χ2v) is 1.96. The van der Waals surface area contributed by atoms with Crippen molar-refractivity contribution in [2.75, 3.05) is 0 Å². The van der Waals surface area contributed by atoms with Gasteiger partial charge in [0.1, 0.15) is 6.04 Å². The maximum atomic E-state index is 10.1. The van der Waals surface area contributed by atoms with E-state index >= 15 is 0 Å². The van der Waals surface area contributed by atoms with Gasteiger partial charge in [0, 0.05) is 0 Å². The Morgan fingerprint density at radius 1 is 1.89 bits per heavy atom. The molecule has 3 nitrogen and oxygen atoms in total. The first-order chi connectivity index (χ1) is 4.09. The van der Waals surface area contributed by atoms with Crippen LogP contribution in [0.1, 0.15) is 6.92 Å². The third-order valence-electron chi connectivity index (χ3n) is 1.22. The molecule has 0 aliphatic rings. The van der Waals surface area contributed by atoms with Gasteiger partial charge in [-0.05, 0) is 5.92 Å². The fourth-order valence-corrected chi connectivity index (χ4v) is 0.372. The van der Waals surface area contributed by atoms with Gasteiger partial charge in [-0.2, -0.15) is 0 Å². The van der Waals surface area contributed by atoms with Crippen molar-refractivity contribution in [1.29, 1.82) is 0 Å². The Morgan fingerprint density at radius 2 is 2.33 bits per heavy atom. The van der Waals surface area contributed by atoms with Gasteiger partial charge >= 0.3 is 5.97 Å². The molecule has 0 aromatic heterocycles. The van der Waals surface area contributed by atoms with Crippen LogP contribution in [0.25, 0.3) is 0 Å². The molecule has 0 spiro atoms. The normalized spacial score (nSPS) is 16.2. The van der Waals surface area contributed by atoms with Gasteiger partial charge in [-0.25, -0.2) is 0 Å². The molecule has 0 bridgehead atoms. The van der Waals surface area contributed by atoms with E-state index in [-0.39, 0.29) is 5.92 Å². The van der Waals surface area contributed by atoms with Gasteiger partial charge in [0.2, 0.25) is 0 Å². The molecule has 0 aromatic rings. The van der Waals surface area contributed by atoms with Gasteiger partial charge in [-0.15, -0.1) is 6.58 Å². The van der Waals surface area contributed by atoms with Crippen molar-refractivity contribution in [1.82, 2.24) is 0 Å². The number of hydrogen-bond donors (Lipinski definition) is 2. The average molecular weight is 129 g/mol. The lowest BCUT2D eigenvalue weighted by Gasteiger charge is -2.09. The lowest BCUT2D eigenvalue weighted by molar-refractivity contribution is -0.139. The molecular weight excluding hydrogens is 118 g/mol. The summed E-state index contributed by atoms with van der Waals surface area (Å²) in [5.74, 6) is -1.15. The number of nitrogens with two attached hydrogens (primary N) is 1. The van der Waals surface area contributed by atoms with Gasteiger partial charge in [0.05, 0.1) is 0 Å². The minimum Gasteiger partial charge on any atom is -0.480 e. The number of carboxylic acid groups (broad SMARTS) is 1. The summed E-state index contributed by atoms with van der Waals surface area (Å²) in [4.78, 5) is 10.1. The van der Waals surface area contributed by atoms with Gasteiger partial charge in [0.15, 0.2) is 0 Å². The standard InChI is InChI=1S/C6H11NO2/c1-3-4(2)5(7)6(8)9/h3-5H,1,7H2,2H3,(H,8,9)/t4-,5-/m0/s1. The molecule has 0 heterocycles. The smallest absolute Gasteiger partial charge is 0.321 e. The van der Waals surface area contributed by atoms with E-state index in [1.165, 1.54) is 6.08 Å². The van der Waals surface area contributed by atoms with Crippen molar-refractivity contribution in [3.05, 3.63) is 12.7 Å². The minimum absolute atomic E-state index is 0.164. The lowest BCUT2D eigenvalue weighted by atomic mass is 10.0. The van der Waals surface area contributed by atoms with E-state index in [9.17, 15) is 4.79 Å². The molecule has 0 aromatic carbocycles. The monoisotopic (exact) mass is 129 g/mol. The second kappa shape index (κ2) is 3.25. The quantitative estimate of drug-likeness (QED) is 0.536. The fourth-order valence-electron chi connectivity index (χ4n) is 0.372. The lowest BCUT2D eigenvalue weighted by Crippen LogP contribution is -2.35. The van der Waals surface area contributed by atoms with Crippen LogP contribution in [-0.2, 0) is 4.79 Å². The largest absolute Gasteiger partial charge is 0.480 e. The summed E-state index contributed by atoms with van der Waals surface area (Å²) in [5.41, 5.74) is 5.20. The van der Waals surface area contributed by atoms with Crippen LogP contribution in [0.15, 0.2) is 12.7 Å². The number of carbonyl (C=O) groups is 1. The first-order valence-corrected chi connectivity index (χ1v) is 2.70. The van der Waals surface area contributed by atoms with Crippen LogP contribution in [0.4, 0.5) is 0 Å². The third kappa shape index (κ3) is 2.28. The highest BCUT2D eigenvalue weighted by Crippen LogP contribution is 1.99. The predicted octanol–water partition coefficient (Wildman–Crippen LogP) is 0.220. The Hall–Kier alpha value is -0.830. The molecule has 0 saturated heterocycles. The maximum absolute atomic E-state index is 10.1. The van der Waals surface area contributed by atoms with E-state index in [4.69, 9.17) is 10.8 Å². The Kier molecular flexibility index (Phi) is 2.95. The molecule has 0 aliphatic heterocycles. The Morgan fingerprint density at radius 3 is 2.44 bits per heavy atom. The number of carboxylic acids is 1. The third-order valence-corrected chi connectivity index (χ3v) is 1.22. The Labute approximate surface area is 54.2 Å². The van der Waals surface area contributed by atoms with Crippen LogP contribution in [0.5, 0.6) is 0 Å². The number of rotatable bonds is 3. The SMILES string of the molecule is C=C[C@H](C)[C@H](N)C(=O)O. The van der Waals surface area contributed by atoms with Crippen molar-refractivity contribution >= 4 is 5.97 Å². The number of hydrogen-bond acceptors (Lipinski definition) is 2. The van der Waals surface area contributed by atoms with Gasteiger partial charge in [-0.1, -0.05) is 13.0 Å². The maximum Gasteiger partial charge on any atom is 0.321 e. The summed E-state index contributed by atoms with van der Waals surface area (Å²) in [7, 11) is 0. The molecule has 0 aliphatic carbocycles. The molecule has 2 atom stereocenters. The first-order valence-electron chi connectivity index (χ1n) is 2.70. The summed E-state index contributed by atoms with van der Waals surface area (Å²) in [6.45, 7) is 5.13. The molecule has 0 amide bonds. The Bertz CT molecular complexity index is 122. The van der Waals surface area contributed by atoms with Crippen LogP contribution >= 0.6 is 0 Å². The summed E-state index contributed by atoms with van der Waals surface area (Å²) in [6, 6.07) is -0.817. The van der Waals surface area contributed by atoms with Gasteiger partial charge < -0.3 is 10.8 Å². The van der Waals surface area contributed by atoms with Crippen LogP contribution in [0.3, 0.4) is 0 Å². The molecule has 0 rings (SSSR count). The summed E-state index contributed by atoms with van der Waals surface area (Å²) in [5, 5.41) is 8.31. The van der Waals surface area contributed by atoms with Crippen molar-refractivity contribution in [3.63, 3.8) is 0 Å². The first kappa shape index (κ1) is 8.17. The topological polar surface area (TPSA) is 63.3 Å². The minimum atomic E-state index is -0.984. The molecule has 0 unspecified atom stereocenters. The summed E-state index contributed by atoms with van der Waals surface area (Å²) >= 11 is 0. The molecule has 3 heteroatoms. The van der Waals surface area contributed by atoms with E-state index in [0.717, 1.165) is 0 Å². The summed E-state index contributed by atoms with van der Waals surface area (Å²) < 4.78 is 0. The molecule has 3 N–H and O–H groups in total. The van der Waals surface area contributed by atoms with E-state index in [1.54, 1.807) is 6.92 Å². The molecule has 0 fully saturated rings. The molecule has 0 radical (unpaired) electrons. The fraction of sp³-hybridized carbons (Fsp3) is 0.500. The van der Waals surface area contributed by atoms with Crippen LogP contribution in [-0.4, -0.2) is 17.1 Å². The molecule has 9 heavy (non-hydrogen) atoms. The van der Waals surface area contributed by atoms with Crippen LogP contribution < -0.4 is 5.73 Å². The zero-order valence-electron chi connectivity index (χ0n) is 5.37. The van der Waals surface area contributed by atoms with Crippen LogP contribution in [0.2, 0.25) is 0 Å². The van der Waals surface area contributed by atoms with Crippen LogP contribution in [0, 0.1) is 5.92 Å². The predicted molar refractivity (Wildman–Crippen MR) is 35.0 cm³/mol. The second-order valence-electron chi connectivity index (χ2n) is 1.96. The van der Waals surface area contributed by atoms with E-state index in [0.29, 0.717) is 0 Å². The highest BCUT2D eigenvalue weighted by molar-refractivity contribution is 5.73. The Balaban J connectivity index is 3.86. The van der Waals surface area contributed by atoms with E-state index in [1.807, 2.05) is 0 Å². The molecule has 52 valence electrons. The van der Waals surface area contributed by atoms with E-state index < -0.39 is 12.0 Å². The van der Waals surface area contributed by atoms with Crippen molar-refractivity contribution < 1.29 is 9.90 Å². The van der Waals surface area contributed by atoms with Gasteiger partial charge in [0.25, 0.3) is 0 Å². The highest BCUT2D eigenvalue weighted by atomic mass is 16.4. The van der Waals surface area contributed by atoms with Crippen molar-refractivity contribution in [3.8, 4) is 0 Å². The van der Waals surface area contributed by atoms with Gasteiger partial charge in [-0.3, -0.25) is 4.79 Å². The zero-order valence-corrected chi connectivity index (χ0v) is 5.37. The summed E-state index contributed by atoms with van der Waals surface area (Å²) in [6.07, 6.45) is 1.53.